The van der Waals surface area contributed by atoms with E-state index in [1.165, 1.54) is 12.6 Å². The predicted molar refractivity (Wildman–Crippen MR) is 114 cm³/mol. The van der Waals surface area contributed by atoms with Crippen molar-refractivity contribution in [1.82, 2.24) is 25.0 Å². The fraction of sp³-hybridized carbons (Fsp3) is 0.409. The molecule has 0 N–H and O–H groups in total. The average molecular weight is 436 g/mol. The van der Waals surface area contributed by atoms with Crippen LogP contribution < -0.4 is 14.4 Å². The van der Waals surface area contributed by atoms with Crippen LogP contribution in [0, 0.1) is 6.92 Å². The van der Waals surface area contributed by atoms with Crippen molar-refractivity contribution in [3.8, 4) is 11.8 Å². The maximum atomic E-state index is 12.8. The first-order valence-corrected chi connectivity index (χ1v) is 10.6. The number of aromatic nitrogens is 4. The summed E-state index contributed by atoms with van der Waals surface area (Å²) in [7, 11) is 1.62. The predicted octanol–water partition coefficient (Wildman–Crippen LogP) is 2.38. The van der Waals surface area contributed by atoms with Crippen LogP contribution in [0.3, 0.4) is 0 Å². The molecule has 10 heteroatoms. The first kappa shape index (κ1) is 20.2. The summed E-state index contributed by atoms with van der Waals surface area (Å²) in [6.45, 7) is 4.00. The molecule has 166 valence electrons. The minimum Gasteiger partial charge on any atom is -0.481 e. The van der Waals surface area contributed by atoms with E-state index in [-0.39, 0.29) is 11.6 Å². The number of nitrogens with zero attached hydrogens (tertiary/aromatic N) is 6. The van der Waals surface area contributed by atoms with E-state index in [9.17, 15) is 4.79 Å². The van der Waals surface area contributed by atoms with E-state index in [2.05, 4.69) is 31.1 Å². The summed E-state index contributed by atoms with van der Waals surface area (Å²) in [5.74, 6) is 0.935. The number of hydrogen-bond acceptors (Lipinski definition) is 9. The van der Waals surface area contributed by atoms with Crippen molar-refractivity contribution < 1.29 is 18.8 Å². The normalized spacial score (nSPS) is 17.9. The van der Waals surface area contributed by atoms with Crippen molar-refractivity contribution in [1.29, 1.82) is 0 Å². The summed E-state index contributed by atoms with van der Waals surface area (Å²) < 4.78 is 16.4. The minimum atomic E-state index is -0.404. The molecule has 10 nitrogen and oxygen atoms in total. The Kier molecular flexibility index (Phi) is 5.34. The quantitative estimate of drug-likeness (QED) is 0.596. The van der Waals surface area contributed by atoms with E-state index in [0.717, 1.165) is 48.3 Å². The van der Waals surface area contributed by atoms with E-state index < -0.39 is 6.23 Å². The van der Waals surface area contributed by atoms with Gasteiger partial charge in [-0.05, 0) is 19.4 Å². The maximum Gasteiger partial charge on any atom is 0.278 e. The molecule has 1 fully saturated rings. The van der Waals surface area contributed by atoms with Crippen molar-refractivity contribution in [3.63, 3.8) is 0 Å². The Balaban J connectivity index is 1.37. The Morgan fingerprint density at radius 2 is 2.12 bits per heavy atom. The van der Waals surface area contributed by atoms with Gasteiger partial charge in [-0.2, -0.15) is 0 Å². The van der Waals surface area contributed by atoms with Crippen molar-refractivity contribution in [3.05, 3.63) is 53.4 Å². The number of likely N-dealkylation sites (tertiary alicyclic amines) is 1. The summed E-state index contributed by atoms with van der Waals surface area (Å²) in [4.78, 5) is 30.0. The molecule has 0 aromatic carbocycles. The highest BCUT2D eigenvalue weighted by atomic mass is 16.5. The van der Waals surface area contributed by atoms with Gasteiger partial charge in [-0.1, -0.05) is 5.16 Å². The van der Waals surface area contributed by atoms with Crippen LogP contribution in [0.15, 0.2) is 35.4 Å². The number of ether oxygens (including phenoxy) is 2. The van der Waals surface area contributed by atoms with Crippen LogP contribution in [-0.4, -0.2) is 57.3 Å². The van der Waals surface area contributed by atoms with Crippen LogP contribution in [0.1, 0.15) is 40.2 Å². The number of aryl methyl sites for hydroxylation is 1. The molecule has 2 aliphatic heterocycles. The first-order valence-electron chi connectivity index (χ1n) is 10.6. The number of anilines is 1. The number of carbonyl (C=O) groups excluding carboxylic acids is 1. The van der Waals surface area contributed by atoms with Crippen LogP contribution >= 0.6 is 0 Å². The molecule has 2 aliphatic rings. The summed E-state index contributed by atoms with van der Waals surface area (Å²) in [6, 6.07) is 3.63. The molecule has 1 saturated heterocycles. The smallest absolute Gasteiger partial charge is 0.278 e. The fourth-order valence-corrected chi connectivity index (χ4v) is 4.26. The van der Waals surface area contributed by atoms with Crippen LogP contribution in [0.4, 0.5) is 5.69 Å². The molecule has 32 heavy (non-hydrogen) atoms. The van der Waals surface area contributed by atoms with Gasteiger partial charge in [0.1, 0.15) is 12.6 Å². The third-order valence-corrected chi connectivity index (χ3v) is 5.90. The van der Waals surface area contributed by atoms with Crippen LogP contribution in [-0.2, 0) is 13.0 Å². The number of fused-ring (bicyclic) bond motifs is 1. The second-order valence-electron chi connectivity index (χ2n) is 7.89. The second kappa shape index (κ2) is 8.45. The van der Waals surface area contributed by atoms with Crippen molar-refractivity contribution in [2.75, 3.05) is 25.1 Å². The molecule has 0 saturated carbocycles. The fourth-order valence-electron chi connectivity index (χ4n) is 4.26. The summed E-state index contributed by atoms with van der Waals surface area (Å²) in [5, 5.41) is 3.77. The lowest BCUT2D eigenvalue weighted by Gasteiger charge is -2.32. The third kappa shape index (κ3) is 3.72. The molecule has 1 amide bonds. The van der Waals surface area contributed by atoms with Crippen LogP contribution in [0.25, 0.3) is 0 Å². The zero-order valence-corrected chi connectivity index (χ0v) is 18.0. The van der Waals surface area contributed by atoms with E-state index in [1.54, 1.807) is 18.1 Å². The van der Waals surface area contributed by atoms with Crippen LogP contribution in [0.5, 0.6) is 11.8 Å². The van der Waals surface area contributed by atoms with Gasteiger partial charge >= 0.3 is 0 Å². The van der Waals surface area contributed by atoms with Crippen molar-refractivity contribution in [2.24, 2.45) is 0 Å². The third-order valence-electron chi connectivity index (χ3n) is 5.90. The number of pyridine rings is 1. The van der Waals surface area contributed by atoms with Gasteiger partial charge in [0, 0.05) is 37.6 Å². The lowest BCUT2D eigenvalue weighted by Crippen LogP contribution is -2.40. The summed E-state index contributed by atoms with van der Waals surface area (Å²) in [6.07, 6.45) is 6.69. The Hall–Kier alpha value is -3.69. The number of carbonyl (C=O) groups is 1. The lowest BCUT2D eigenvalue weighted by molar-refractivity contribution is 0.0370. The molecule has 5 rings (SSSR count). The molecular weight excluding hydrogens is 412 g/mol. The molecule has 5 heterocycles. The van der Waals surface area contributed by atoms with Crippen LogP contribution in [0.2, 0.25) is 0 Å². The zero-order valence-electron chi connectivity index (χ0n) is 18.0. The van der Waals surface area contributed by atoms with Gasteiger partial charge in [-0.25, -0.2) is 15.0 Å². The molecule has 3 aromatic heterocycles. The van der Waals surface area contributed by atoms with E-state index >= 15 is 0 Å². The highest BCUT2D eigenvalue weighted by Gasteiger charge is 2.34. The number of amides is 1. The standard InChI is InChI=1S/C22H24N6O4/c1-14-10-15(11-23-20(14)30-2)27-8-5-17-16(12-27)21(25-13-24-17)32-19-4-3-7-28(19)22(29)18-6-9-31-26-18/h6,9-11,13,19H,3-5,7-8,12H2,1-2H3. The Morgan fingerprint density at radius 3 is 2.91 bits per heavy atom. The zero-order chi connectivity index (χ0) is 22.1. The molecular formula is C22H24N6O4. The molecule has 0 aliphatic carbocycles. The van der Waals surface area contributed by atoms with Gasteiger partial charge in [0.25, 0.3) is 5.91 Å². The second-order valence-corrected chi connectivity index (χ2v) is 7.89. The Labute approximate surface area is 185 Å². The first-order chi connectivity index (χ1) is 15.6. The molecule has 1 unspecified atom stereocenters. The largest absolute Gasteiger partial charge is 0.481 e. The number of methoxy groups -OCH3 is 1. The Morgan fingerprint density at radius 1 is 1.22 bits per heavy atom. The SMILES string of the molecule is COc1ncc(N2CCc3ncnc(OC4CCCN4C(=O)c4ccon4)c3C2)cc1C. The maximum absolute atomic E-state index is 12.8. The summed E-state index contributed by atoms with van der Waals surface area (Å²) >= 11 is 0. The topological polar surface area (TPSA) is 107 Å². The molecule has 0 radical (unpaired) electrons. The van der Waals surface area contributed by atoms with E-state index in [0.29, 0.717) is 24.8 Å². The van der Waals surface area contributed by atoms with Crippen molar-refractivity contribution in [2.45, 2.75) is 39.0 Å². The monoisotopic (exact) mass is 436 g/mol. The molecule has 0 spiro atoms. The Bertz CT molecular complexity index is 1120. The van der Waals surface area contributed by atoms with Gasteiger partial charge in [0.2, 0.25) is 11.8 Å². The lowest BCUT2D eigenvalue weighted by atomic mass is 10.1. The van der Waals surface area contributed by atoms with E-state index in [1.807, 2.05) is 13.1 Å². The molecule has 1 atom stereocenters. The van der Waals surface area contributed by atoms with Gasteiger partial charge in [-0.15, -0.1) is 0 Å². The van der Waals surface area contributed by atoms with Gasteiger partial charge in [0.05, 0.1) is 36.8 Å². The van der Waals surface area contributed by atoms with Gasteiger partial charge in [-0.3, -0.25) is 4.79 Å². The van der Waals surface area contributed by atoms with Crippen molar-refractivity contribution >= 4 is 11.6 Å². The highest BCUT2D eigenvalue weighted by Crippen LogP contribution is 2.31. The minimum absolute atomic E-state index is 0.203. The summed E-state index contributed by atoms with van der Waals surface area (Å²) in [5.41, 5.74) is 4.17. The number of rotatable bonds is 5. The van der Waals surface area contributed by atoms with Gasteiger partial charge < -0.3 is 23.8 Å². The molecule has 3 aromatic rings. The molecule has 0 bridgehead atoms. The van der Waals surface area contributed by atoms with E-state index in [4.69, 9.17) is 14.0 Å². The van der Waals surface area contributed by atoms with Gasteiger partial charge in [0.15, 0.2) is 11.9 Å². The average Bonchev–Trinajstić information content (AvgIpc) is 3.51. The number of hydrogen-bond donors (Lipinski definition) is 0. The highest BCUT2D eigenvalue weighted by molar-refractivity contribution is 5.92.